The highest BCUT2D eigenvalue weighted by Gasteiger charge is 2.27. The molecule has 0 aromatic carbocycles. The van der Waals surface area contributed by atoms with Crippen LogP contribution < -0.4 is 0 Å². The summed E-state index contributed by atoms with van der Waals surface area (Å²) in [6.45, 7) is 6.40. The third-order valence-electron chi connectivity index (χ3n) is 3.04. The average molecular weight is 352 g/mol. The number of nitrogens with zero attached hydrogens (tertiary/aromatic N) is 1. The molecular weight excluding hydrogens is 322 g/mol. The fraction of sp³-hybridized carbons (Fsp3) is 0.867. The molecule has 0 aliphatic heterocycles. The van der Waals surface area contributed by atoms with Crippen molar-refractivity contribution in [3.63, 3.8) is 0 Å². The number of rotatable bonds is 13. The van der Waals surface area contributed by atoms with E-state index < -0.39 is 11.9 Å². The van der Waals surface area contributed by atoms with Crippen molar-refractivity contribution in [3.05, 3.63) is 0 Å². The first-order valence-corrected chi connectivity index (χ1v) is 10.2. The van der Waals surface area contributed by atoms with E-state index in [4.69, 9.17) is 12.2 Å². The average Bonchev–Trinajstić information content (AvgIpc) is 2.45. The number of carbonyl (C=O) groups is 1. The predicted octanol–water partition coefficient (Wildman–Crippen LogP) is 5.40. The van der Waals surface area contributed by atoms with Crippen LogP contribution in [-0.2, 0) is 4.79 Å². The monoisotopic (exact) mass is 351 g/mol. The second-order valence-electron chi connectivity index (χ2n) is 5.00. The van der Waals surface area contributed by atoms with E-state index in [0.29, 0.717) is 11.4 Å². The van der Waals surface area contributed by atoms with E-state index in [2.05, 4.69) is 20.8 Å². The summed E-state index contributed by atoms with van der Waals surface area (Å²) in [6.07, 6.45) is 7.10. The molecule has 3 nitrogen and oxygen atoms in total. The first kappa shape index (κ1) is 21.1. The topological polar surface area (TPSA) is 40.5 Å². The summed E-state index contributed by atoms with van der Waals surface area (Å²) in [4.78, 5) is 12.1. The Bertz CT molecular complexity index is 291. The molecule has 1 N–H and O–H groups in total. The van der Waals surface area contributed by atoms with Gasteiger partial charge in [-0.2, -0.15) is 0 Å². The predicted molar refractivity (Wildman–Crippen MR) is 99.8 cm³/mol. The van der Waals surface area contributed by atoms with Crippen LogP contribution in [0.1, 0.15) is 65.7 Å². The lowest BCUT2D eigenvalue weighted by Crippen LogP contribution is -2.31. The van der Waals surface area contributed by atoms with Crippen molar-refractivity contribution in [2.75, 3.05) is 11.5 Å². The fourth-order valence-electron chi connectivity index (χ4n) is 1.64. The molecular formula is C15H29NO2S3. The van der Waals surface area contributed by atoms with Crippen molar-refractivity contribution in [2.45, 2.75) is 65.7 Å². The Morgan fingerprint density at radius 3 is 1.90 bits per heavy atom. The zero-order chi connectivity index (χ0) is 16.1. The molecule has 0 fully saturated rings. The highest BCUT2D eigenvalue weighted by Crippen LogP contribution is 2.29. The number of carboxylic acids is 1. The number of hydrogen-bond donors (Lipinski definition) is 1. The van der Waals surface area contributed by atoms with E-state index in [0.717, 1.165) is 50.0 Å². The lowest BCUT2D eigenvalue weighted by molar-refractivity contribution is -0.139. The largest absolute Gasteiger partial charge is 0.481 e. The minimum absolute atomic E-state index is 0.525. The van der Waals surface area contributed by atoms with Gasteiger partial charge in [-0.3, -0.25) is 8.51 Å². The maximum absolute atomic E-state index is 11.5. The summed E-state index contributed by atoms with van der Waals surface area (Å²) in [5.41, 5.74) is 0. The van der Waals surface area contributed by atoms with E-state index in [-0.39, 0.29) is 0 Å². The molecule has 0 radical (unpaired) electrons. The SMILES string of the molecule is CCCCSN(SCCCC)C(=S)C(CCCC)C(=O)O. The molecule has 0 bridgehead atoms. The number of thiocarbonyl (C=S) groups is 1. The van der Waals surface area contributed by atoms with Crippen LogP contribution in [0.15, 0.2) is 0 Å². The molecule has 0 aromatic rings. The van der Waals surface area contributed by atoms with Crippen LogP contribution in [0.3, 0.4) is 0 Å². The van der Waals surface area contributed by atoms with Crippen molar-refractivity contribution in [3.8, 4) is 0 Å². The van der Waals surface area contributed by atoms with Crippen molar-refractivity contribution < 1.29 is 9.90 Å². The summed E-state index contributed by atoms with van der Waals surface area (Å²) in [6, 6.07) is 0. The molecule has 6 heteroatoms. The van der Waals surface area contributed by atoms with E-state index in [1.165, 1.54) is 0 Å². The van der Waals surface area contributed by atoms with Crippen LogP contribution >= 0.6 is 36.1 Å². The van der Waals surface area contributed by atoms with Crippen molar-refractivity contribution in [1.29, 1.82) is 0 Å². The first-order valence-electron chi connectivity index (χ1n) is 7.90. The molecule has 21 heavy (non-hydrogen) atoms. The van der Waals surface area contributed by atoms with Gasteiger partial charge in [-0.15, -0.1) is 0 Å². The molecule has 0 heterocycles. The summed E-state index contributed by atoms with van der Waals surface area (Å²) in [5.74, 6) is 0.681. The molecule has 124 valence electrons. The summed E-state index contributed by atoms with van der Waals surface area (Å²) >= 11 is 8.84. The van der Waals surface area contributed by atoms with Gasteiger partial charge in [0.25, 0.3) is 0 Å². The number of aliphatic carboxylic acids is 1. The Balaban J connectivity index is 4.64. The van der Waals surface area contributed by atoms with Crippen molar-refractivity contribution >= 4 is 47.1 Å². The van der Waals surface area contributed by atoms with E-state index in [1.807, 2.05) is 3.71 Å². The van der Waals surface area contributed by atoms with Gasteiger partial charge in [0.15, 0.2) is 0 Å². The third kappa shape index (κ3) is 9.63. The molecule has 1 atom stereocenters. The van der Waals surface area contributed by atoms with Gasteiger partial charge in [0.1, 0.15) is 10.9 Å². The second kappa shape index (κ2) is 13.7. The minimum Gasteiger partial charge on any atom is -0.481 e. The molecule has 0 spiro atoms. The third-order valence-corrected chi connectivity index (χ3v) is 6.17. The van der Waals surface area contributed by atoms with Gasteiger partial charge < -0.3 is 5.11 Å². The van der Waals surface area contributed by atoms with E-state index in [1.54, 1.807) is 23.9 Å². The van der Waals surface area contributed by atoms with Gasteiger partial charge in [-0.25, -0.2) is 0 Å². The van der Waals surface area contributed by atoms with Gasteiger partial charge in [-0.05, 0) is 43.2 Å². The van der Waals surface area contributed by atoms with Crippen molar-refractivity contribution in [1.82, 2.24) is 3.71 Å². The molecule has 0 aliphatic carbocycles. The number of hydrogen-bond acceptors (Lipinski definition) is 4. The second-order valence-corrected chi connectivity index (χ2v) is 7.71. The summed E-state index contributed by atoms with van der Waals surface area (Å²) in [5, 5.41) is 9.43. The lowest BCUT2D eigenvalue weighted by atomic mass is 10.0. The molecule has 0 saturated heterocycles. The van der Waals surface area contributed by atoms with E-state index in [9.17, 15) is 9.90 Å². The summed E-state index contributed by atoms with van der Waals surface area (Å²) in [7, 11) is 0. The Morgan fingerprint density at radius 1 is 1.05 bits per heavy atom. The minimum atomic E-state index is -0.786. The van der Waals surface area contributed by atoms with Crippen LogP contribution in [0.25, 0.3) is 0 Å². The lowest BCUT2D eigenvalue weighted by Gasteiger charge is -2.26. The normalized spacial score (nSPS) is 12.1. The van der Waals surface area contributed by atoms with Crippen molar-refractivity contribution in [2.24, 2.45) is 5.92 Å². The fourth-order valence-corrected chi connectivity index (χ4v) is 4.59. The number of carboxylic acid groups (broad SMARTS) is 1. The van der Waals surface area contributed by atoms with Crippen LogP contribution in [0.5, 0.6) is 0 Å². The van der Waals surface area contributed by atoms with Crippen LogP contribution in [0.2, 0.25) is 0 Å². The van der Waals surface area contributed by atoms with Crippen LogP contribution in [0.4, 0.5) is 0 Å². The maximum Gasteiger partial charge on any atom is 0.313 e. The first-order chi connectivity index (χ1) is 10.1. The van der Waals surface area contributed by atoms with Gasteiger partial charge in [0.2, 0.25) is 0 Å². The van der Waals surface area contributed by atoms with Crippen LogP contribution in [-0.4, -0.2) is 31.3 Å². The highest BCUT2D eigenvalue weighted by molar-refractivity contribution is 8.13. The molecule has 0 rings (SSSR count). The molecule has 0 saturated carbocycles. The van der Waals surface area contributed by atoms with Gasteiger partial charge in [0.05, 0.1) is 0 Å². The smallest absolute Gasteiger partial charge is 0.313 e. The highest BCUT2D eigenvalue weighted by atomic mass is 32.2. The maximum atomic E-state index is 11.5. The Labute approximate surface area is 143 Å². The van der Waals surface area contributed by atoms with Gasteiger partial charge in [-0.1, -0.05) is 58.7 Å². The summed E-state index contributed by atoms with van der Waals surface area (Å²) < 4.78 is 2.00. The Hall–Kier alpha value is 0.0600. The molecule has 0 amide bonds. The molecule has 1 unspecified atom stereocenters. The zero-order valence-electron chi connectivity index (χ0n) is 13.5. The van der Waals surface area contributed by atoms with Gasteiger partial charge >= 0.3 is 5.97 Å². The Kier molecular flexibility index (Phi) is 13.7. The standard InChI is InChI=1S/C15H29NO2S3/c1-4-7-10-13(15(17)18)14(19)16(20-11-8-5-2)21-12-9-6-3/h13H,4-12H2,1-3H3,(H,17,18). The molecule has 0 aromatic heterocycles. The van der Waals surface area contributed by atoms with Crippen LogP contribution in [0, 0.1) is 5.92 Å². The van der Waals surface area contributed by atoms with Gasteiger partial charge in [0, 0.05) is 11.5 Å². The number of unbranched alkanes of at least 4 members (excludes halogenated alkanes) is 3. The quantitative estimate of drug-likeness (QED) is 0.272. The Morgan fingerprint density at radius 2 is 1.52 bits per heavy atom. The van der Waals surface area contributed by atoms with E-state index >= 15 is 0 Å². The molecule has 0 aliphatic rings. The zero-order valence-corrected chi connectivity index (χ0v) is 15.9.